The first kappa shape index (κ1) is 64.5. The molecule has 0 spiro atoms. The molecule has 0 aliphatic heterocycles. The number of carboxylic acid groups (broad SMARTS) is 2. The predicted octanol–water partition coefficient (Wildman–Crippen LogP) is 1.21. The maximum absolute atomic E-state index is 15.4. The van der Waals surface area contributed by atoms with E-state index in [-0.39, 0.29) is 56.1 Å². The number of carbonyl (C=O) groups excluding carboxylic acids is 8. The molecular weight excluding hydrogens is 1020 g/mol. The molecule has 1 heterocycles. The number of aromatic nitrogens is 1. The van der Waals surface area contributed by atoms with Crippen molar-refractivity contribution in [2.24, 2.45) is 17.1 Å². The molecule has 0 saturated heterocycles. The zero-order valence-electron chi connectivity index (χ0n) is 45.2. The summed E-state index contributed by atoms with van der Waals surface area (Å²) in [5.41, 5.74) is 5.19. The summed E-state index contributed by atoms with van der Waals surface area (Å²) in [6, 6.07) is 5.96. The minimum atomic E-state index is -1.91. The largest absolute Gasteiger partial charge is 0.481 e. The van der Waals surface area contributed by atoms with Crippen molar-refractivity contribution in [3.05, 3.63) is 83.7 Å². The smallest absolute Gasteiger partial charge is 0.305 e. The second-order valence-electron chi connectivity index (χ2n) is 20.5. The number of nitrogens with zero attached hydrogens (tertiary/aromatic N) is 2. The van der Waals surface area contributed by atoms with Gasteiger partial charge in [-0.05, 0) is 67.9 Å². The van der Waals surface area contributed by atoms with Gasteiger partial charge in [0, 0.05) is 68.1 Å². The van der Waals surface area contributed by atoms with Crippen molar-refractivity contribution in [2.75, 3.05) is 32.8 Å². The van der Waals surface area contributed by atoms with Gasteiger partial charge in [-0.25, -0.2) is 8.78 Å². The Morgan fingerprint density at radius 1 is 0.744 bits per heavy atom. The molecule has 25 heteroatoms. The van der Waals surface area contributed by atoms with E-state index in [2.05, 4.69) is 37.2 Å². The minimum absolute atomic E-state index is 0.0617. The Balaban J connectivity index is 2.07. The van der Waals surface area contributed by atoms with Crippen molar-refractivity contribution >= 4 is 59.2 Å². The number of hydrogen-bond donors (Lipinski definition) is 11. The van der Waals surface area contributed by atoms with E-state index < -0.39 is 144 Å². The van der Waals surface area contributed by atoms with Crippen molar-refractivity contribution < 1.29 is 72.0 Å². The van der Waals surface area contributed by atoms with Crippen LogP contribution >= 0.6 is 0 Å². The topological polar surface area (TPSA) is 350 Å². The predicted molar refractivity (Wildman–Crippen MR) is 280 cm³/mol. The molecule has 0 aliphatic carbocycles. The fraction of sp³-hybridized carbons (Fsp3) is 0.509. The molecule has 6 atom stereocenters. The Kier molecular flexibility index (Phi) is 24.5. The highest BCUT2D eigenvalue weighted by Crippen LogP contribution is 2.41. The molecule has 2 aromatic carbocycles. The van der Waals surface area contributed by atoms with Gasteiger partial charge >= 0.3 is 11.9 Å². The number of carbonyl (C=O) groups is 10. The molecule has 1 unspecified atom stereocenters. The van der Waals surface area contributed by atoms with Crippen LogP contribution < -0.4 is 43.0 Å². The number of primary amides is 1. The Morgan fingerprint density at radius 2 is 1.35 bits per heavy atom. The number of amides is 8. The maximum Gasteiger partial charge on any atom is 0.305 e. The fourth-order valence-electron chi connectivity index (χ4n) is 8.45. The summed E-state index contributed by atoms with van der Waals surface area (Å²) in [6.45, 7) is 11.3. The van der Waals surface area contributed by atoms with E-state index in [0.29, 0.717) is 5.69 Å². The molecule has 0 bridgehead atoms. The summed E-state index contributed by atoms with van der Waals surface area (Å²) >= 11 is 0. The normalized spacial score (nSPS) is 14.1. The summed E-state index contributed by atoms with van der Waals surface area (Å²) in [7, 11) is 0. The van der Waals surface area contributed by atoms with E-state index in [1.54, 1.807) is 56.7 Å². The number of benzene rings is 2. The average Bonchev–Trinajstić information content (AvgIpc) is 3.80. The number of nitrogens with two attached hydrogens (primary N) is 1. The fourth-order valence-corrected chi connectivity index (χ4v) is 8.45. The number of hydrogen-bond acceptors (Lipinski definition) is 12. The van der Waals surface area contributed by atoms with Gasteiger partial charge in [0.2, 0.25) is 47.3 Å². The Labute approximate surface area is 451 Å². The number of halogens is 2. The highest BCUT2D eigenvalue weighted by atomic mass is 19.1. The Bertz CT molecular complexity index is 2630. The lowest BCUT2D eigenvalue weighted by molar-refractivity contribution is -0.142. The Morgan fingerprint density at radius 3 is 1.91 bits per heavy atom. The van der Waals surface area contributed by atoms with E-state index >= 15 is 4.39 Å². The number of aliphatic hydroxyl groups excluding tert-OH is 1. The van der Waals surface area contributed by atoms with Gasteiger partial charge in [0.05, 0.1) is 25.4 Å². The molecule has 0 radical (unpaired) electrons. The number of carboxylic acids is 2. The van der Waals surface area contributed by atoms with Gasteiger partial charge in [-0.15, -0.1) is 0 Å². The quantitative estimate of drug-likeness (QED) is 0.0404. The molecule has 1 aromatic heterocycles. The zero-order chi connectivity index (χ0) is 58.7. The summed E-state index contributed by atoms with van der Waals surface area (Å²) in [4.78, 5) is 130. The van der Waals surface area contributed by atoms with Gasteiger partial charge in [-0.2, -0.15) is 0 Å². The van der Waals surface area contributed by atoms with Crippen LogP contribution in [0.4, 0.5) is 8.78 Å². The lowest BCUT2D eigenvalue weighted by atomic mass is 9.82. The first-order valence-electron chi connectivity index (χ1n) is 25.2. The van der Waals surface area contributed by atoms with Crippen LogP contribution in [0.1, 0.15) is 105 Å². The molecule has 3 aromatic rings. The lowest BCUT2D eigenvalue weighted by Gasteiger charge is -2.41. The lowest BCUT2D eigenvalue weighted by Crippen LogP contribution is -2.59. The van der Waals surface area contributed by atoms with Crippen LogP contribution in [0.2, 0.25) is 0 Å². The Hall–Kier alpha value is -7.80. The van der Waals surface area contributed by atoms with Crippen molar-refractivity contribution in [2.45, 2.75) is 130 Å². The van der Waals surface area contributed by atoms with E-state index in [0.717, 1.165) is 30.7 Å². The van der Waals surface area contributed by atoms with Crippen LogP contribution in [0.15, 0.2) is 60.8 Å². The standard InChI is InChI=1S/C53H74F2N10O13/c1-30(2)53(8,18-16-45(71)72)59-26-43(69)57-19-20-58-49(76)38(61-50(77)39(24-42(56)68)63-51(78)40(25-46(73)74)62-48(75)31(3)60-32(4)67)17-21-65(44(70)29-66)47(52(5,6)7)41-22-34(36-23-35(54)14-15-37(36)55)28-64(41)27-33-12-10-9-11-13-33/h9-15,22-23,28,30-31,38-40,47,59,66H,16-21,24-27,29H2,1-8H3,(H2,56,68)(H,57,69)(H,58,76)(H,60,67)(H,61,77)(H,62,75)(H,63,78)(H,71,72)(H,73,74)/t31-,38-,39-,40+,47-,53?/m0/s1. The van der Waals surface area contributed by atoms with Crippen molar-refractivity contribution in [1.29, 1.82) is 0 Å². The van der Waals surface area contributed by atoms with Crippen LogP contribution in [-0.2, 0) is 54.5 Å². The van der Waals surface area contributed by atoms with Crippen LogP contribution in [-0.4, -0.2) is 146 Å². The molecular formula is C53H74F2N10O13. The van der Waals surface area contributed by atoms with E-state index in [1.807, 2.05) is 32.0 Å². The zero-order valence-corrected chi connectivity index (χ0v) is 45.2. The van der Waals surface area contributed by atoms with Gasteiger partial charge < -0.3 is 67.7 Å². The number of nitrogens with one attached hydrogen (secondary N) is 7. The van der Waals surface area contributed by atoms with Crippen LogP contribution in [0.25, 0.3) is 11.1 Å². The molecule has 78 heavy (non-hydrogen) atoms. The third kappa shape index (κ3) is 20.3. The molecule has 0 saturated carbocycles. The summed E-state index contributed by atoms with van der Waals surface area (Å²) in [5.74, 6) is -11.6. The molecule has 3 rings (SSSR count). The van der Waals surface area contributed by atoms with Crippen LogP contribution in [0, 0.1) is 23.0 Å². The number of aliphatic carboxylic acids is 2. The summed E-state index contributed by atoms with van der Waals surface area (Å²) in [6.07, 6.45) is -0.703. The third-order valence-electron chi connectivity index (χ3n) is 12.9. The second-order valence-corrected chi connectivity index (χ2v) is 20.5. The highest BCUT2D eigenvalue weighted by molar-refractivity contribution is 5.98. The first-order valence-corrected chi connectivity index (χ1v) is 25.2. The molecule has 0 fully saturated rings. The third-order valence-corrected chi connectivity index (χ3v) is 12.9. The monoisotopic (exact) mass is 1100 g/mol. The second kappa shape index (κ2) is 29.6. The number of rotatable bonds is 31. The van der Waals surface area contributed by atoms with E-state index in [1.165, 1.54) is 11.8 Å². The molecule has 12 N–H and O–H groups in total. The van der Waals surface area contributed by atoms with Gasteiger partial charge in [-0.3, -0.25) is 47.9 Å². The van der Waals surface area contributed by atoms with Gasteiger partial charge in [-0.1, -0.05) is 65.0 Å². The van der Waals surface area contributed by atoms with Gasteiger partial charge in [0.1, 0.15) is 42.4 Å². The summed E-state index contributed by atoms with van der Waals surface area (Å²) < 4.78 is 31.8. The summed E-state index contributed by atoms with van der Waals surface area (Å²) in [5, 5.41) is 46.8. The molecule has 8 amide bonds. The SMILES string of the molecule is CC(=O)N[C@@H](C)C(=O)N[C@H](CC(=O)O)C(=O)N[C@@H](CC(N)=O)C(=O)N[C@@H](CCN(C(=O)CO)[C@@H](c1cc(-c2cc(F)ccc2F)cn1Cc1ccccc1)C(C)(C)C)C(=O)NCCNC(=O)CNC(C)(CCC(=O)O)C(C)C. The molecule has 23 nitrogen and oxygen atoms in total. The van der Waals surface area contributed by atoms with Crippen LogP contribution in [0.5, 0.6) is 0 Å². The molecule has 428 valence electrons. The van der Waals surface area contributed by atoms with Gasteiger partial charge in [0.15, 0.2) is 0 Å². The van der Waals surface area contributed by atoms with Crippen molar-refractivity contribution in [1.82, 2.24) is 46.7 Å². The maximum atomic E-state index is 15.4. The average molecular weight is 1100 g/mol. The van der Waals surface area contributed by atoms with Gasteiger partial charge in [0.25, 0.3) is 0 Å². The number of aliphatic hydroxyl groups is 1. The highest BCUT2D eigenvalue weighted by Gasteiger charge is 2.39. The first-order chi connectivity index (χ1) is 36.5. The molecule has 0 aliphatic rings. The van der Waals surface area contributed by atoms with E-state index in [4.69, 9.17) is 5.73 Å². The van der Waals surface area contributed by atoms with Crippen molar-refractivity contribution in [3.63, 3.8) is 0 Å². The van der Waals surface area contributed by atoms with E-state index in [9.17, 15) is 67.7 Å². The van der Waals surface area contributed by atoms with Crippen LogP contribution in [0.3, 0.4) is 0 Å². The van der Waals surface area contributed by atoms with Crippen molar-refractivity contribution in [3.8, 4) is 11.1 Å². The minimum Gasteiger partial charge on any atom is -0.481 e.